The molecule has 2 amide bonds. The van der Waals surface area contributed by atoms with Crippen molar-refractivity contribution in [1.29, 1.82) is 0 Å². The Morgan fingerprint density at radius 3 is 2.80 bits per heavy atom. The fourth-order valence-corrected chi connectivity index (χ4v) is 2.45. The summed E-state index contributed by atoms with van der Waals surface area (Å²) in [5.41, 5.74) is 0. The quantitative estimate of drug-likeness (QED) is 0.678. The van der Waals surface area contributed by atoms with Crippen LogP contribution in [0.5, 0.6) is 0 Å². The van der Waals surface area contributed by atoms with Crippen LogP contribution in [-0.2, 0) is 0 Å². The smallest absolute Gasteiger partial charge is 0.317 e. The molecular formula is C11H21N3O. The second-order valence-electron chi connectivity index (χ2n) is 4.73. The van der Waals surface area contributed by atoms with Crippen LogP contribution in [0, 0.1) is 0 Å². The number of carbonyl (C=O) groups excluding carboxylic acids is 1. The molecule has 15 heavy (non-hydrogen) atoms. The van der Waals surface area contributed by atoms with Gasteiger partial charge in [0.2, 0.25) is 0 Å². The van der Waals surface area contributed by atoms with Crippen molar-refractivity contribution in [1.82, 2.24) is 15.5 Å². The summed E-state index contributed by atoms with van der Waals surface area (Å²) < 4.78 is 0. The third-order valence-corrected chi connectivity index (χ3v) is 3.34. The summed E-state index contributed by atoms with van der Waals surface area (Å²) in [5.74, 6) is 0. The van der Waals surface area contributed by atoms with Gasteiger partial charge >= 0.3 is 6.03 Å². The number of rotatable bonds is 1. The highest BCUT2D eigenvalue weighted by atomic mass is 16.2. The minimum absolute atomic E-state index is 0.134. The van der Waals surface area contributed by atoms with Crippen LogP contribution in [0.1, 0.15) is 32.6 Å². The first-order valence-corrected chi connectivity index (χ1v) is 6.04. The number of nitrogens with one attached hydrogen (secondary N) is 2. The van der Waals surface area contributed by atoms with Crippen molar-refractivity contribution in [2.45, 2.75) is 44.7 Å². The van der Waals surface area contributed by atoms with Crippen molar-refractivity contribution < 1.29 is 4.79 Å². The molecule has 86 valence electrons. The molecule has 4 nitrogen and oxygen atoms in total. The van der Waals surface area contributed by atoms with Crippen LogP contribution in [0.3, 0.4) is 0 Å². The molecule has 1 heterocycles. The minimum Gasteiger partial charge on any atom is -0.335 e. The lowest BCUT2D eigenvalue weighted by Gasteiger charge is -2.32. The molecule has 0 radical (unpaired) electrons. The Morgan fingerprint density at radius 1 is 1.40 bits per heavy atom. The average Bonchev–Trinajstić information content (AvgIpc) is 2.70. The molecule has 0 aromatic rings. The number of carbonyl (C=O) groups is 1. The molecule has 0 aromatic heterocycles. The van der Waals surface area contributed by atoms with Crippen LogP contribution in [0.2, 0.25) is 0 Å². The Bertz CT molecular complexity index is 226. The lowest BCUT2D eigenvalue weighted by atomic mass is 10.2. The number of hydrogen-bond donors (Lipinski definition) is 2. The first kappa shape index (κ1) is 10.7. The summed E-state index contributed by atoms with van der Waals surface area (Å²) >= 11 is 0. The zero-order valence-corrected chi connectivity index (χ0v) is 9.46. The predicted molar refractivity (Wildman–Crippen MR) is 59.8 cm³/mol. The van der Waals surface area contributed by atoms with E-state index >= 15 is 0 Å². The van der Waals surface area contributed by atoms with E-state index in [1.165, 1.54) is 12.8 Å². The summed E-state index contributed by atoms with van der Waals surface area (Å²) in [5, 5.41) is 6.47. The van der Waals surface area contributed by atoms with Gasteiger partial charge in [0.1, 0.15) is 0 Å². The average molecular weight is 211 g/mol. The molecule has 1 saturated heterocycles. The Labute approximate surface area is 91.4 Å². The van der Waals surface area contributed by atoms with Crippen molar-refractivity contribution >= 4 is 6.03 Å². The number of hydrogen-bond acceptors (Lipinski definition) is 2. The fraction of sp³-hybridized carbons (Fsp3) is 0.909. The molecule has 1 saturated carbocycles. The third kappa shape index (κ3) is 2.84. The Balaban J connectivity index is 1.78. The van der Waals surface area contributed by atoms with E-state index < -0.39 is 0 Å². The van der Waals surface area contributed by atoms with Crippen molar-refractivity contribution in [2.75, 3.05) is 19.6 Å². The van der Waals surface area contributed by atoms with E-state index in [1.807, 2.05) is 4.90 Å². The first-order valence-electron chi connectivity index (χ1n) is 6.04. The minimum atomic E-state index is 0.134. The van der Waals surface area contributed by atoms with E-state index in [-0.39, 0.29) is 6.03 Å². The second-order valence-corrected chi connectivity index (χ2v) is 4.73. The van der Waals surface area contributed by atoms with Crippen molar-refractivity contribution in [2.24, 2.45) is 0 Å². The molecule has 2 rings (SSSR count). The highest BCUT2D eigenvalue weighted by Crippen LogP contribution is 2.17. The number of urea groups is 1. The van der Waals surface area contributed by atoms with Gasteiger partial charge in [0.25, 0.3) is 0 Å². The van der Waals surface area contributed by atoms with Gasteiger partial charge < -0.3 is 15.5 Å². The molecule has 1 aliphatic carbocycles. The Morgan fingerprint density at radius 2 is 2.13 bits per heavy atom. The molecule has 1 atom stereocenters. The maximum Gasteiger partial charge on any atom is 0.317 e. The van der Waals surface area contributed by atoms with Gasteiger partial charge in [0, 0.05) is 31.7 Å². The summed E-state index contributed by atoms with van der Waals surface area (Å²) in [6.07, 6.45) is 4.85. The summed E-state index contributed by atoms with van der Waals surface area (Å²) in [6, 6.07) is 0.992. The molecule has 0 aromatic carbocycles. The predicted octanol–water partition coefficient (Wildman–Crippen LogP) is 0.932. The van der Waals surface area contributed by atoms with Gasteiger partial charge in [-0.3, -0.25) is 0 Å². The lowest BCUT2D eigenvalue weighted by molar-refractivity contribution is 0.176. The van der Waals surface area contributed by atoms with E-state index in [2.05, 4.69) is 17.6 Å². The van der Waals surface area contributed by atoms with Gasteiger partial charge in [-0.15, -0.1) is 0 Å². The topological polar surface area (TPSA) is 44.4 Å². The van der Waals surface area contributed by atoms with E-state index in [0.29, 0.717) is 12.1 Å². The Hall–Kier alpha value is -0.770. The van der Waals surface area contributed by atoms with Gasteiger partial charge in [-0.1, -0.05) is 12.8 Å². The van der Waals surface area contributed by atoms with Crippen molar-refractivity contribution in [3.63, 3.8) is 0 Å². The molecule has 2 aliphatic rings. The van der Waals surface area contributed by atoms with Crippen LogP contribution in [0.25, 0.3) is 0 Å². The first-order chi connectivity index (χ1) is 7.25. The normalized spacial score (nSPS) is 28.1. The Kier molecular flexibility index (Phi) is 3.46. The van der Waals surface area contributed by atoms with Gasteiger partial charge in [-0.05, 0) is 19.8 Å². The van der Waals surface area contributed by atoms with Crippen LogP contribution in [0.15, 0.2) is 0 Å². The van der Waals surface area contributed by atoms with Crippen molar-refractivity contribution in [3.05, 3.63) is 0 Å². The largest absolute Gasteiger partial charge is 0.335 e. The van der Waals surface area contributed by atoms with Crippen LogP contribution in [-0.4, -0.2) is 42.6 Å². The monoisotopic (exact) mass is 211 g/mol. The van der Waals surface area contributed by atoms with Gasteiger partial charge in [0.05, 0.1) is 0 Å². The molecule has 1 aliphatic heterocycles. The molecule has 0 unspecified atom stereocenters. The number of amides is 2. The van der Waals surface area contributed by atoms with Crippen molar-refractivity contribution in [3.8, 4) is 0 Å². The highest BCUT2D eigenvalue weighted by Gasteiger charge is 2.23. The molecule has 2 fully saturated rings. The molecular weight excluding hydrogens is 190 g/mol. The van der Waals surface area contributed by atoms with E-state index in [0.717, 1.165) is 32.5 Å². The summed E-state index contributed by atoms with van der Waals surface area (Å²) in [4.78, 5) is 13.8. The lowest BCUT2D eigenvalue weighted by Crippen LogP contribution is -2.55. The number of piperazine rings is 1. The van der Waals surface area contributed by atoms with E-state index in [9.17, 15) is 4.79 Å². The van der Waals surface area contributed by atoms with E-state index in [4.69, 9.17) is 0 Å². The van der Waals surface area contributed by atoms with Gasteiger partial charge in [-0.25, -0.2) is 4.79 Å². The molecule has 0 bridgehead atoms. The van der Waals surface area contributed by atoms with E-state index in [1.54, 1.807) is 0 Å². The van der Waals surface area contributed by atoms with Crippen LogP contribution >= 0.6 is 0 Å². The van der Waals surface area contributed by atoms with Gasteiger partial charge in [-0.2, -0.15) is 0 Å². The number of nitrogens with zero attached hydrogens (tertiary/aromatic N) is 1. The third-order valence-electron chi connectivity index (χ3n) is 3.34. The highest BCUT2D eigenvalue weighted by molar-refractivity contribution is 5.74. The molecule has 2 N–H and O–H groups in total. The second kappa shape index (κ2) is 4.84. The summed E-state index contributed by atoms with van der Waals surface area (Å²) in [7, 11) is 0. The molecule has 4 heteroatoms. The zero-order chi connectivity index (χ0) is 10.7. The van der Waals surface area contributed by atoms with Gasteiger partial charge in [0.15, 0.2) is 0 Å². The summed E-state index contributed by atoms with van der Waals surface area (Å²) in [6.45, 7) is 4.70. The maximum absolute atomic E-state index is 11.9. The van der Waals surface area contributed by atoms with Crippen LogP contribution < -0.4 is 10.6 Å². The maximum atomic E-state index is 11.9. The SMILES string of the molecule is C[C@H]1CN(C(=O)NC2CCCC2)CCN1. The van der Waals surface area contributed by atoms with Crippen LogP contribution in [0.4, 0.5) is 4.79 Å². The zero-order valence-electron chi connectivity index (χ0n) is 9.46. The fourth-order valence-electron chi connectivity index (χ4n) is 2.45. The molecule has 0 spiro atoms. The standard InChI is InChI=1S/C11H21N3O/c1-9-8-14(7-6-12-9)11(15)13-10-4-2-3-5-10/h9-10,12H,2-8H2,1H3,(H,13,15)/t9-/m0/s1.